The van der Waals surface area contributed by atoms with Gasteiger partial charge in [-0.05, 0) is 26.6 Å². The van der Waals surface area contributed by atoms with Gasteiger partial charge in [0.2, 0.25) is 5.91 Å². The molecule has 5 heteroatoms. The van der Waals surface area contributed by atoms with Crippen LogP contribution in [-0.2, 0) is 11.2 Å². The van der Waals surface area contributed by atoms with Gasteiger partial charge in [0.05, 0.1) is 6.42 Å². The number of nitrogens with one attached hydrogen (secondary N) is 1. The van der Waals surface area contributed by atoms with Crippen LogP contribution in [-0.4, -0.2) is 49.5 Å². The lowest BCUT2D eigenvalue weighted by atomic mass is 10.1. The largest absolute Gasteiger partial charge is 0.355 e. The summed E-state index contributed by atoms with van der Waals surface area (Å²) in [7, 11) is 7.84. The Morgan fingerprint density at radius 2 is 1.80 bits per heavy atom. The number of amides is 1. The van der Waals surface area contributed by atoms with E-state index in [1.54, 1.807) is 0 Å². The molecule has 0 heterocycles. The zero-order chi connectivity index (χ0) is 14.8. The molecule has 0 saturated heterocycles. The molecule has 0 radical (unpaired) electrons. The van der Waals surface area contributed by atoms with Crippen LogP contribution in [0.3, 0.4) is 0 Å². The van der Waals surface area contributed by atoms with Crippen LogP contribution in [0.5, 0.6) is 0 Å². The number of carbonyl (C=O) groups excluding carboxylic acids is 1. The van der Waals surface area contributed by atoms with Crippen molar-refractivity contribution in [3.8, 4) is 0 Å². The summed E-state index contributed by atoms with van der Waals surface area (Å²) < 4.78 is 0. The second kappa shape index (κ2) is 10.1. The molecule has 1 aromatic rings. The van der Waals surface area contributed by atoms with Gasteiger partial charge in [-0.1, -0.05) is 51.4 Å². The van der Waals surface area contributed by atoms with E-state index in [0.29, 0.717) is 6.42 Å². The molecule has 1 aromatic carbocycles. The van der Waals surface area contributed by atoms with Crippen molar-refractivity contribution in [1.29, 1.82) is 0 Å². The Morgan fingerprint density at radius 3 is 2.45 bits per heavy atom. The standard InChI is InChI=1S/C15H24N2OS2/c1-13-4-6-14(7-5-13)12-15(18)16-8-10-19-20-11-9-17(2)3/h4-7H,8-12H2,1-3H3,(H,16,18). The number of hydrogen-bond acceptors (Lipinski definition) is 4. The van der Waals surface area contributed by atoms with Crippen LogP contribution in [0.4, 0.5) is 0 Å². The molecule has 0 fully saturated rings. The van der Waals surface area contributed by atoms with Crippen LogP contribution in [0.15, 0.2) is 24.3 Å². The Bertz CT molecular complexity index is 393. The molecule has 0 aliphatic carbocycles. The van der Waals surface area contributed by atoms with E-state index in [0.717, 1.165) is 30.2 Å². The molecule has 3 nitrogen and oxygen atoms in total. The lowest BCUT2D eigenvalue weighted by Gasteiger charge is -2.08. The Hall–Kier alpha value is -0.650. The fourth-order valence-corrected chi connectivity index (χ4v) is 3.57. The highest BCUT2D eigenvalue weighted by molar-refractivity contribution is 8.76. The first-order valence-corrected chi connectivity index (χ1v) is 9.28. The van der Waals surface area contributed by atoms with Crippen molar-refractivity contribution in [3.63, 3.8) is 0 Å². The van der Waals surface area contributed by atoms with E-state index in [-0.39, 0.29) is 5.91 Å². The monoisotopic (exact) mass is 312 g/mol. The average Bonchev–Trinajstić information content (AvgIpc) is 2.40. The van der Waals surface area contributed by atoms with Crippen molar-refractivity contribution in [2.75, 3.05) is 38.7 Å². The third-order valence-electron chi connectivity index (χ3n) is 2.70. The maximum Gasteiger partial charge on any atom is 0.224 e. The summed E-state index contributed by atoms with van der Waals surface area (Å²) in [6.07, 6.45) is 0.471. The van der Waals surface area contributed by atoms with Crippen molar-refractivity contribution in [2.45, 2.75) is 13.3 Å². The van der Waals surface area contributed by atoms with Crippen molar-refractivity contribution in [3.05, 3.63) is 35.4 Å². The fourth-order valence-electron chi connectivity index (χ4n) is 1.52. The van der Waals surface area contributed by atoms with E-state index in [1.165, 1.54) is 5.56 Å². The van der Waals surface area contributed by atoms with Crippen LogP contribution in [0.2, 0.25) is 0 Å². The van der Waals surface area contributed by atoms with Crippen LogP contribution in [0.1, 0.15) is 11.1 Å². The van der Waals surface area contributed by atoms with Gasteiger partial charge in [-0.25, -0.2) is 0 Å². The van der Waals surface area contributed by atoms with Gasteiger partial charge in [0, 0.05) is 24.6 Å². The summed E-state index contributed by atoms with van der Waals surface area (Å²) in [5.74, 6) is 2.18. The predicted octanol–water partition coefficient (Wildman–Crippen LogP) is 2.60. The lowest BCUT2D eigenvalue weighted by molar-refractivity contribution is -0.120. The Labute approximate surface area is 130 Å². The maximum absolute atomic E-state index is 11.7. The van der Waals surface area contributed by atoms with Crippen LogP contribution >= 0.6 is 21.6 Å². The molecule has 0 atom stereocenters. The highest BCUT2D eigenvalue weighted by Crippen LogP contribution is 2.19. The van der Waals surface area contributed by atoms with Crippen molar-refractivity contribution >= 4 is 27.5 Å². The Kier molecular flexibility index (Phi) is 8.82. The molecule has 0 saturated carbocycles. The van der Waals surface area contributed by atoms with Gasteiger partial charge in [-0.3, -0.25) is 4.79 Å². The van der Waals surface area contributed by atoms with E-state index < -0.39 is 0 Å². The molecule has 1 N–H and O–H groups in total. The zero-order valence-corrected chi connectivity index (χ0v) is 14.1. The molecular weight excluding hydrogens is 288 g/mol. The minimum atomic E-state index is 0.104. The van der Waals surface area contributed by atoms with Gasteiger partial charge in [-0.2, -0.15) is 0 Å². The normalized spacial score (nSPS) is 10.8. The fraction of sp³-hybridized carbons (Fsp3) is 0.533. The number of nitrogens with zero attached hydrogens (tertiary/aromatic N) is 1. The highest BCUT2D eigenvalue weighted by atomic mass is 33.1. The van der Waals surface area contributed by atoms with E-state index >= 15 is 0 Å². The smallest absolute Gasteiger partial charge is 0.224 e. The first-order chi connectivity index (χ1) is 9.58. The van der Waals surface area contributed by atoms with E-state index in [2.05, 4.69) is 31.2 Å². The summed E-state index contributed by atoms with van der Waals surface area (Å²) >= 11 is 0. The second-order valence-corrected chi connectivity index (χ2v) is 7.66. The quantitative estimate of drug-likeness (QED) is 0.561. The summed E-state index contributed by atoms with van der Waals surface area (Å²) in [4.78, 5) is 13.9. The molecule has 0 bridgehead atoms. The number of hydrogen-bond donors (Lipinski definition) is 1. The second-order valence-electron chi connectivity index (χ2n) is 4.96. The minimum Gasteiger partial charge on any atom is -0.355 e. The molecule has 0 aromatic heterocycles. The number of aryl methyl sites for hydroxylation is 1. The number of rotatable bonds is 9. The number of benzene rings is 1. The topological polar surface area (TPSA) is 32.3 Å². The van der Waals surface area contributed by atoms with Crippen molar-refractivity contribution in [1.82, 2.24) is 10.2 Å². The highest BCUT2D eigenvalue weighted by Gasteiger charge is 2.02. The third kappa shape index (κ3) is 8.51. The van der Waals surface area contributed by atoms with Gasteiger partial charge >= 0.3 is 0 Å². The van der Waals surface area contributed by atoms with Gasteiger partial charge in [0.1, 0.15) is 0 Å². The number of carbonyl (C=O) groups is 1. The first kappa shape index (κ1) is 17.4. The lowest BCUT2D eigenvalue weighted by Crippen LogP contribution is -2.27. The first-order valence-electron chi connectivity index (χ1n) is 6.79. The molecule has 0 unspecified atom stereocenters. The Morgan fingerprint density at radius 1 is 1.15 bits per heavy atom. The molecule has 0 aliphatic heterocycles. The van der Waals surface area contributed by atoms with Crippen molar-refractivity contribution < 1.29 is 4.79 Å². The minimum absolute atomic E-state index is 0.104. The van der Waals surface area contributed by atoms with Gasteiger partial charge in [0.15, 0.2) is 0 Å². The maximum atomic E-state index is 11.7. The van der Waals surface area contributed by atoms with Gasteiger partial charge < -0.3 is 10.2 Å². The molecule has 20 heavy (non-hydrogen) atoms. The molecular formula is C15H24N2OS2. The van der Waals surface area contributed by atoms with Gasteiger partial charge in [0.25, 0.3) is 0 Å². The van der Waals surface area contributed by atoms with Gasteiger partial charge in [-0.15, -0.1) is 0 Å². The Balaban J connectivity index is 2.04. The SMILES string of the molecule is Cc1ccc(CC(=O)NCCSSCCN(C)C)cc1. The summed E-state index contributed by atoms with van der Waals surface area (Å²) in [6, 6.07) is 8.11. The summed E-state index contributed by atoms with van der Waals surface area (Å²) in [5, 5.41) is 2.96. The summed E-state index contributed by atoms with van der Waals surface area (Å²) in [6.45, 7) is 3.89. The van der Waals surface area contributed by atoms with Crippen molar-refractivity contribution in [2.24, 2.45) is 0 Å². The molecule has 0 aliphatic rings. The average molecular weight is 313 g/mol. The predicted molar refractivity (Wildman–Crippen MR) is 91.4 cm³/mol. The van der Waals surface area contributed by atoms with E-state index in [4.69, 9.17) is 0 Å². The summed E-state index contributed by atoms with van der Waals surface area (Å²) in [5.41, 5.74) is 2.29. The molecule has 1 rings (SSSR count). The van der Waals surface area contributed by atoms with E-state index in [1.807, 2.05) is 45.9 Å². The van der Waals surface area contributed by atoms with Crippen LogP contribution in [0.25, 0.3) is 0 Å². The van der Waals surface area contributed by atoms with Crippen LogP contribution < -0.4 is 5.32 Å². The third-order valence-corrected chi connectivity index (χ3v) is 5.08. The van der Waals surface area contributed by atoms with Crippen LogP contribution in [0, 0.1) is 6.92 Å². The molecule has 1 amide bonds. The molecule has 0 spiro atoms. The molecule has 112 valence electrons. The zero-order valence-electron chi connectivity index (χ0n) is 12.5. The van der Waals surface area contributed by atoms with E-state index in [9.17, 15) is 4.79 Å².